The summed E-state index contributed by atoms with van der Waals surface area (Å²) in [7, 11) is 0. The molecule has 7 nitrogen and oxygen atoms in total. The van der Waals surface area contributed by atoms with E-state index in [2.05, 4.69) is 15.5 Å². The summed E-state index contributed by atoms with van der Waals surface area (Å²) in [5.41, 5.74) is 1.83. The van der Waals surface area contributed by atoms with Gasteiger partial charge in [-0.1, -0.05) is 73.1 Å². The number of esters is 1. The van der Waals surface area contributed by atoms with Crippen LogP contribution in [0.3, 0.4) is 0 Å². The molecule has 8 heteroatoms. The summed E-state index contributed by atoms with van der Waals surface area (Å²) in [6.45, 7) is 1.60. The van der Waals surface area contributed by atoms with Crippen LogP contribution in [0.25, 0.3) is 17.1 Å². The second-order valence-electron chi connectivity index (χ2n) is 7.75. The Morgan fingerprint density at radius 2 is 1.72 bits per heavy atom. The number of carbonyl (C=O) groups excluding carboxylic acids is 2. The zero-order valence-electron chi connectivity index (χ0n) is 17.9. The number of nitrogens with one attached hydrogen (secondary N) is 1. The predicted molar refractivity (Wildman–Crippen MR) is 123 cm³/mol. The number of benzene rings is 2. The molecule has 3 aromatic rings. The molecule has 0 bridgehead atoms. The molecule has 0 aliphatic heterocycles. The lowest BCUT2D eigenvalue weighted by molar-refractivity contribution is -0.152. The number of para-hydroxylation sites is 1. The van der Waals surface area contributed by atoms with Gasteiger partial charge in [-0.2, -0.15) is 0 Å². The lowest BCUT2D eigenvalue weighted by Gasteiger charge is -2.17. The fourth-order valence-corrected chi connectivity index (χ4v) is 4.48. The van der Waals surface area contributed by atoms with Crippen LogP contribution >= 0.6 is 11.8 Å². The van der Waals surface area contributed by atoms with Crippen LogP contribution in [-0.4, -0.2) is 44.5 Å². The Morgan fingerprint density at radius 1 is 1.06 bits per heavy atom. The number of rotatable bonds is 8. The van der Waals surface area contributed by atoms with Crippen molar-refractivity contribution in [2.75, 3.05) is 5.75 Å². The van der Waals surface area contributed by atoms with Crippen molar-refractivity contribution < 1.29 is 14.3 Å². The van der Waals surface area contributed by atoms with Gasteiger partial charge in [-0.25, -0.2) is 0 Å². The third-order valence-corrected chi connectivity index (χ3v) is 6.28. The van der Waals surface area contributed by atoms with Gasteiger partial charge < -0.3 is 10.1 Å². The molecule has 4 rings (SSSR count). The topological polar surface area (TPSA) is 86.1 Å². The molecule has 1 atom stereocenters. The molecule has 1 heterocycles. The molecule has 32 heavy (non-hydrogen) atoms. The highest BCUT2D eigenvalue weighted by molar-refractivity contribution is 7.99. The molecule has 1 saturated carbocycles. The van der Waals surface area contributed by atoms with Crippen molar-refractivity contribution in [1.82, 2.24) is 20.1 Å². The fourth-order valence-electron chi connectivity index (χ4n) is 3.74. The van der Waals surface area contributed by atoms with Crippen molar-refractivity contribution >= 4 is 23.6 Å². The lowest BCUT2D eigenvalue weighted by atomic mass is 10.2. The Balaban J connectivity index is 1.43. The number of hydrogen-bond acceptors (Lipinski definition) is 6. The normalized spacial score (nSPS) is 14.8. The van der Waals surface area contributed by atoms with Gasteiger partial charge in [0.2, 0.25) is 0 Å². The van der Waals surface area contributed by atoms with Crippen LogP contribution < -0.4 is 5.32 Å². The molecule has 0 radical (unpaired) electrons. The first kappa shape index (κ1) is 22.1. The van der Waals surface area contributed by atoms with Crippen LogP contribution in [0.4, 0.5) is 0 Å². The van der Waals surface area contributed by atoms with Crippen LogP contribution in [0, 0.1) is 0 Å². The highest BCUT2D eigenvalue weighted by atomic mass is 32.2. The van der Waals surface area contributed by atoms with Gasteiger partial charge in [0.15, 0.2) is 17.1 Å². The highest BCUT2D eigenvalue weighted by Crippen LogP contribution is 2.28. The van der Waals surface area contributed by atoms with E-state index in [9.17, 15) is 9.59 Å². The van der Waals surface area contributed by atoms with Crippen LogP contribution in [0.5, 0.6) is 0 Å². The number of aromatic nitrogens is 3. The van der Waals surface area contributed by atoms with Crippen molar-refractivity contribution in [2.24, 2.45) is 0 Å². The molecule has 166 valence electrons. The van der Waals surface area contributed by atoms with E-state index in [0.29, 0.717) is 11.0 Å². The van der Waals surface area contributed by atoms with Gasteiger partial charge in [0.25, 0.3) is 5.91 Å². The van der Waals surface area contributed by atoms with E-state index in [-0.39, 0.29) is 17.7 Å². The quantitative estimate of drug-likeness (QED) is 0.412. The van der Waals surface area contributed by atoms with E-state index in [1.54, 1.807) is 6.92 Å². The Morgan fingerprint density at radius 3 is 2.41 bits per heavy atom. The number of ether oxygens (including phenoxy) is 1. The maximum atomic E-state index is 12.4. The van der Waals surface area contributed by atoms with Gasteiger partial charge in [-0.3, -0.25) is 14.2 Å². The number of thioether (sulfide) groups is 1. The van der Waals surface area contributed by atoms with E-state index in [1.807, 2.05) is 65.2 Å². The van der Waals surface area contributed by atoms with Crippen molar-refractivity contribution in [3.8, 4) is 17.1 Å². The van der Waals surface area contributed by atoms with E-state index >= 15 is 0 Å². The molecule has 1 N–H and O–H groups in total. The summed E-state index contributed by atoms with van der Waals surface area (Å²) in [4.78, 5) is 24.7. The second-order valence-corrected chi connectivity index (χ2v) is 8.70. The standard InChI is InChI=1S/C24H26N4O3S/c1-17(23(30)25-19-12-8-9-13-19)31-21(29)16-32-24-27-26-22(18-10-4-2-5-11-18)28(24)20-14-6-3-7-15-20/h2-7,10-11,14-15,17,19H,8-9,12-13,16H2,1H3,(H,25,30). The largest absolute Gasteiger partial charge is 0.452 e. The van der Waals surface area contributed by atoms with Gasteiger partial charge in [-0.15, -0.1) is 10.2 Å². The average molecular weight is 451 g/mol. The zero-order valence-corrected chi connectivity index (χ0v) is 18.8. The molecular weight excluding hydrogens is 424 g/mol. The van der Waals surface area contributed by atoms with E-state index in [1.165, 1.54) is 11.8 Å². The Kier molecular flexibility index (Phi) is 7.21. The molecule has 1 amide bonds. The summed E-state index contributed by atoms with van der Waals surface area (Å²) < 4.78 is 7.27. The molecule has 1 aromatic heterocycles. The van der Waals surface area contributed by atoms with E-state index in [0.717, 1.165) is 36.9 Å². The van der Waals surface area contributed by atoms with Crippen LogP contribution in [-0.2, 0) is 14.3 Å². The molecule has 1 aliphatic rings. The Bertz CT molecular complexity index is 1050. The molecule has 0 spiro atoms. The van der Waals surface area contributed by atoms with E-state index < -0.39 is 12.1 Å². The molecule has 1 fully saturated rings. The summed E-state index contributed by atoms with van der Waals surface area (Å²) >= 11 is 1.24. The van der Waals surface area contributed by atoms with Crippen molar-refractivity contribution in [1.29, 1.82) is 0 Å². The predicted octanol–water partition coefficient (Wildman–Crippen LogP) is 4.02. The smallest absolute Gasteiger partial charge is 0.317 e. The third kappa shape index (κ3) is 5.37. The number of hydrogen-bond donors (Lipinski definition) is 1. The maximum absolute atomic E-state index is 12.4. The molecule has 0 saturated heterocycles. The molecule has 1 aliphatic carbocycles. The van der Waals surface area contributed by atoms with Crippen LogP contribution in [0.15, 0.2) is 65.8 Å². The number of carbonyl (C=O) groups is 2. The Hall–Kier alpha value is -3.13. The minimum Gasteiger partial charge on any atom is -0.452 e. The first-order valence-corrected chi connectivity index (χ1v) is 11.8. The van der Waals surface area contributed by atoms with Gasteiger partial charge in [-0.05, 0) is 31.9 Å². The van der Waals surface area contributed by atoms with Crippen molar-refractivity contribution in [3.63, 3.8) is 0 Å². The highest BCUT2D eigenvalue weighted by Gasteiger charge is 2.24. The first-order valence-electron chi connectivity index (χ1n) is 10.8. The lowest BCUT2D eigenvalue weighted by Crippen LogP contribution is -2.41. The number of nitrogens with zero attached hydrogens (tertiary/aromatic N) is 3. The molecule has 2 aromatic carbocycles. The monoisotopic (exact) mass is 450 g/mol. The summed E-state index contributed by atoms with van der Waals surface area (Å²) in [6.07, 6.45) is 3.41. The van der Waals surface area contributed by atoms with E-state index in [4.69, 9.17) is 4.74 Å². The summed E-state index contributed by atoms with van der Waals surface area (Å²) in [6, 6.07) is 19.7. The third-order valence-electron chi connectivity index (χ3n) is 5.38. The van der Waals surface area contributed by atoms with Gasteiger partial charge in [0, 0.05) is 17.3 Å². The number of amides is 1. The summed E-state index contributed by atoms with van der Waals surface area (Å²) in [5.74, 6) is 0.0138. The van der Waals surface area contributed by atoms with Gasteiger partial charge >= 0.3 is 5.97 Å². The van der Waals surface area contributed by atoms with Crippen molar-refractivity contribution in [3.05, 3.63) is 60.7 Å². The molecular formula is C24H26N4O3S. The Labute approximate surface area is 191 Å². The fraction of sp³-hybridized carbons (Fsp3) is 0.333. The average Bonchev–Trinajstić information content (AvgIpc) is 3.48. The summed E-state index contributed by atoms with van der Waals surface area (Å²) in [5, 5.41) is 12.2. The SMILES string of the molecule is CC(OC(=O)CSc1nnc(-c2ccccc2)n1-c1ccccc1)C(=O)NC1CCCC1. The maximum Gasteiger partial charge on any atom is 0.317 e. The van der Waals surface area contributed by atoms with Gasteiger partial charge in [0.1, 0.15) is 0 Å². The van der Waals surface area contributed by atoms with Crippen molar-refractivity contribution in [2.45, 2.75) is 49.9 Å². The minimum absolute atomic E-state index is 0.0286. The second kappa shape index (κ2) is 10.5. The van der Waals surface area contributed by atoms with Crippen LogP contribution in [0.2, 0.25) is 0 Å². The first-order chi connectivity index (χ1) is 15.6. The van der Waals surface area contributed by atoms with Crippen LogP contribution in [0.1, 0.15) is 32.6 Å². The molecule has 1 unspecified atom stereocenters. The minimum atomic E-state index is -0.824. The van der Waals surface area contributed by atoms with Gasteiger partial charge in [0.05, 0.1) is 5.75 Å². The zero-order chi connectivity index (χ0) is 22.3.